The Hall–Kier alpha value is -0.920. The lowest BCUT2D eigenvalue weighted by Crippen LogP contribution is -2.31. The predicted molar refractivity (Wildman–Crippen MR) is 61.8 cm³/mol. The van der Waals surface area contributed by atoms with Crippen LogP contribution in [0.1, 0.15) is 13.3 Å². The van der Waals surface area contributed by atoms with Gasteiger partial charge in [0.1, 0.15) is 0 Å². The van der Waals surface area contributed by atoms with Gasteiger partial charge in [0.25, 0.3) is 10.0 Å². The molecule has 1 fully saturated rings. The molecule has 0 radical (unpaired) electrons. The number of sulfonamides is 1. The number of rotatable bonds is 3. The van der Waals surface area contributed by atoms with Gasteiger partial charge in [0.15, 0.2) is 5.03 Å². The molecule has 1 aliphatic heterocycles. The molecule has 2 atom stereocenters. The quantitative estimate of drug-likeness (QED) is 0.816. The fourth-order valence-electron chi connectivity index (χ4n) is 2.11. The number of hydrogen-bond acceptors (Lipinski definition) is 4. The summed E-state index contributed by atoms with van der Waals surface area (Å²) in [6, 6.07) is 1.49. The normalized spacial score (nSPS) is 24.1. The van der Waals surface area contributed by atoms with E-state index in [2.05, 4.69) is 5.10 Å². The van der Waals surface area contributed by atoms with Crippen molar-refractivity contribution in [1.82, 2.24) is 14.1 Å². The molecule has 1 aliphatic rings. The van der Waals surface area contributed by atoms with E-state index in [0.29, 0.717) is 19.5 Å². The summed E-state index contributed by atoms with van der Waals surface area (Å²) in [7, 11) is -1.86. The van der Waals surface area contributed by atoms with E-state index in [1.165, 1.54) is 21.3 Å². The molecule has 96 valence electrons. The van der Waals surface area contributed by atoms with Crippen molar-refractivity contribution in [2.24, 2.45) is 13.0 Å². The van der Waals surface area contributed by atoms with Crippen LogP contribution < -0.4 is 0 Å². The number of aliphatic hydroxyl groups excluding tert-OH is 1. The van der Waals surface area contributed by atoms with Crippen molar-refractivity contribution in [1.29, 1.82) is 0 Å². The second kappa shape index (κ2) is 4.40. The third-order valence-corrected chi connectivity index (χ3v) is 5.19. The van der Waals surface area contributed by atoms with E-state index in [1.807, 2.05) is 0 Å². The Morgan fingerprint density at radius 1 is 1.59 bits per heavy atom. The Morgan fingerprint density at radius 2 is 2.29 bits per heavy atom. The van der Waals surface area contributed by atoms with Crippen LogP contribution in [0.4, 0.5) is 0 Å². The molecule has 0 aliphatic carbocycles. The van der Waals surface area contributed by atoms with Crippen molar-refractivity contribution in [2.45, 2.75) is 24.5 Å². The smallest absolute Gasteiger partial charge is 0.260 e. The van der Waals surface area contributed by atoms with Crippen molar-refractivity contribution in [3.8, 4) is 0 Å². The van der Waals surface area contributed by atoms with E-state index in [9.17, 15) is 13.5 Å². The van der Waals surface area contributed by atoms with Gasteiger partial charge in [-0.1, -0.05) is 0 Å². The number of hydrogen-bond donors (Lipinski definition) is 1. The Kier molecular flexibility index (Phi) is 3.24. The molecule has 0 bridgehead atoms. The topological polar surface area (TPSA) is 75.4 Å². The summed E-state index contributed by atoms with van der Waals surface area (Å²) in [5, 5.41) is 13.5. The molecular weight excluding hydrogens is 242 g/mol. The molecule has 0 aromatic carbocycles. The van der Waals surface area contributed by atoms with Gasteiger partial charge >= 0.3 is 0 Å². The monoisotopic (exact) mass is 259 g/mol. The minimum Gasteiger partial charge on any atom is -0.393 e. The lowest BCUT2D eigenvalue weighted by atomic mass is 10.0. The van der Waals surface area contributed by atoms with Gasteiger partial charge in [0.05, 0.1) is 12.3 Å². The van der Waals surface area contributed by atoms with Crippen molar-refractivity contribution in [3.05, 3.63) is 12.3 Å². The third kappa shape index (κ3) is 2.22. The molecular formula is C10H17N3O3S. The van der Waals surface area contributed by atoms with Gasteiger partial charge < -0.3 is 5.11 Å². The van der Waals surface area contributed by atoms with E-state index in [-0.39, 0.29) is 10.9 Å². The van der Waals surface area contributed by atoms with Crippen molar-refractivity contribution in [3.63, 3.8) is 0 Å². The maximum atomic E-state index is 12.3. The second-order valence-electron chi connectivity index (χ2n) is 4.45. The minimum atomic E-state index is -3.47. The first-order valence-corrected chi connectivity index (χ1v) is 7.03. The van der Waals surface area contributed by atoms with Crippen LogP contribution in [-0.4, -0.2) is 46.8 Å². The van der Waals surface area contributed by atoms with Crippen LogP contribution in [0.2, 0.25) is 0 Å². The summed E-state index contributed by atoms with van der Waals surface area (Å²) >= 11 is 0. The molecule has 0 spiro atoms. The fourth-order valence-corrected chi connectivity index (χ4v) is 3.72. The van der Waals surface area contributed by atoms with E-state index >= 15 is 0 Å². The first-order valence-electron chi connectivity index (χ1n) is 5.59. The van der Waals surface area contributed by atoms with Crippen LogP contribution in [0.25, 0.3) is 0 Å². The van der Waals surface area contributed by atoms with Gasteiger partial charge in [-0.2, -0.15) is 9.40 Å². The Balaban J connectivity index is 2.22. The number of aromatic nitrogens is 2. The molecule has 2 unspecified atom stereocenters. The Labute approximate surface area is 101 Å². The van der Waals surface area contributed by atoms with Crippen LogP contribution in [0.15, 0.2) is 17.3 Å². The molecule has 1 N–H and O–H groups in total. The molecule has 1 aromatic heterocycles. The van der Waals surface area contributed by atoms with Crippen molar-refractivity contribution in [2.75, 3.05) is 13.1 Å². The van der Waals surface area contributed by atoms with Gasteiger partial charge in [-0.05, 0) is 25.3 Å². The number of aryl methyl sites for hydroxylation is 1. The number of nitrogens with zero attached hydrogens (tertiary/aromatic N) is 3. The second-order valence-corrected chi connectivity index (χ2v) is 6.33. The van der Waals surface area contributed by atoms with Gasteiger partial charge in [-0.15, -0.1) is 0 Å². The molecule has 2 rings (SSSR count). The summed E-state index contributed by atoms with van der Waals surface area (Å²) in [5.41, 5.74) is 0. The molecule has 1 saturated heterocycles. The summed E-state index contributed by atoms with van der Waals surface area (Å²) in [4.78, 5) is 0. The zero-order chi connectivity index (χ0) is 12.6. The highest BCUT2D eigenvalue weighted by Gasteiger charge is 2.35. The molecule has 0 saturated carbocycles. The molecule has 0 amide bonds. The summed E-state index contributed by atoms with van der Waals surface area (Å²) in [6.45, 7) is 2.54. The van der Waals surface area contributed by atoms with Gasteiger partial charge in [-0.25, -0.2) is 8.42 Å². The summed E-state index contributed by atoms with van der Waals surface area (Å²) in [5.74, 6) is 0.0259. The zero-order valence-corrected chi connectivity index (χ0v) is 10.8. The van der Waals surface area contributed by atoms with Crippen LogP contribution in [-0.2, 0) is 17.1 Å². The van der Waals surface area contributed by atoms with Gasteiger partial charge in [-0.3, -0.25) is 4.68 Å². The lowest BCUT2D eigenvalue weighted by Gasteiger charge is -2.17. The highest BCUT2D eigenvalue weighted by Crippen LogP contribution is 2.25. The highest BCUT2D eigenvalue weighted by molar-refractivity contribution is 7.89. The molecule has 17 heavy (non-hydrogen) atoms. The highest BCUT2D eigenvalue weighted by atomic mass is 32.2. The van der Waals surface area contributed by atoms with Gasteiger partial charge in [0.2, 0.25) is 0 Å². The minimum absolute atomic E-state index is 0.0259. The van der Waals surface area contributed by atoms with Crippen LogP contribution in [0.5, 0.6) is 0 Å². The Bertz CT molecular complexity index is 495. The first-order chi connectivity index (χ1) is 7.93. The van der Waals surface area contributed by atoms with Crippen LogP contribution >= 0.6 is 0 Å². The average molecular weight is 259 g/mol. The zero-order valence-electron chi connectivity index (χ0n) is 9.94. The Morgan fingerprint density at radius 3 is 2.76 bits per heavy atom. The van der Waals surface area contributed by atoms with E-state index < -0.39 is 16.1 Å². The molecule has 6 nitrogen and oxygen atoms in total. The largest absolute Gasteiger partial charge is 0.393 e. The molecule has 1 aromatic rings. The summed E-state index contributed by atoms with van der Waals surface area (Å²) < 4.78 is 27.3. The van der Waals surface area contributed by atoms with E-state index in [4.69, 9.17) is 0 Å². The molecule has 7 heteroatoms. The maximum absolute atomic E-state index is 12.3. The SMILES string of the molecule is CC(O)C1CCN(S(=O)(=O)c2ccnn2C)C1. The van der Waals surface area contributed by atoms with Gasteiger partial charge in [0, 0.05) is 20.1 Å². The van der Waals surface area contributed by atoms with Crippen molar-refractivity contribution < 1.29 is 13.5 Å². The first kappa shape index (κ1) is 12.5. The predicted octanol–water partition coefficient (Wildman–Crippen LogP) is -0.188. The maximum Gasteiger partial charge on any atom is 0.260 e. The molecule has 2 heterocycles. The van der Waals surface area contributed by atoms with Crippen LogP contribution in [0, 0.1) is 5.92 Å². The van der Waals surface area contributed by atoms with E-state index in [0.717, 1.165) is 0 Å². The van der Waals surface area contributed by atoms with Crippen molar-refractivity contribution >= 4 is 10.0 Å². The standard InChI is InChI=1S/C10H17N3O3S/c1-8(14)9-4-6-13(7-9)17(15,16)10-3-5-11-12(10)2/h3,5,8-9,14H,4,6-7H2,1-2H3. The fraction of sp³-hybridized carbons (Fsp3) is 0.700. The lowest BCUT2D eigenvalue weighted by molar-refractivity contribution is 0.133. The van der Waals surface area contributed by atoms with E-state index in [1.54, 1.807) is 14.0 Å². The summed E-state index contributed by atoms with van der Waals surface area (Å²) in [6.07, 6.45) is 1.70. The third-order valence-electron chi connectivity index (χ3n) is 3.25. The average Bonchev–Trinajstić information content (AvgIpc) is 2.84. The van der Waals surface area contributed by atoms with Crippen LogP contribution in [0.3, 0.4) is 0 Å². The number of aliphatic hydroxyl groups is 1.